The molecule has 24 heavy (non-hydrogen) atoms. The number of amides is 1. The largest absolute Gasteiger partial charge is 0.390 e. The van der Waals surface area contributed by atoms with Gasteiger partial charge in [0.1, 0.15) is 0 Å². The highest BCUT2D eigenvalue weighted by Crippen LogP contribution is 2.24. The lowest BCUT2D eigenvalue weighted by Gasteiger charge is -2.49. The van der Waals surface area contributed by atoms with E-state index in [1.54, 1.807) is 7.11 Å². The van der Waals surface area contributed by atoms with E-state index >= 15 is 0 Å². The molecule has 8 heteroatoms. The Balaban J connectivity index is 1.45. The lowest BCUT2D eigenvalue weighted by Crippen LogP contribution is -2.65. The molecule has 3 aliphatic heterocycles. The molecule has 4 atom stereocenters. The molecule has 0 radical (unpaired) electrons. The fraction of sp³-hybridized carbons (Fsp3) is 0.938. The van der Waals surface area contributed by atoms with Gasteiger partial charge in [-0.2, -0.15) is 0 Å². The summed E-state index contributed by atoms with van der Waals surface area (Å²) in [6.45, 7) is 8.59. The Morgan fingerprint density at radius 3 is 2.71 bits per heavy atom. The molecular weight excluding hydrogens is 312 g/mol. The third-order valence-corrected chi connectivity index (χ3v) is 5.23. The lowest BCUT2D eigenvalue weighted by atomic mass is 9.97. The van der Waals surface area contributed by atoms with Crippen LogP contribution in [0, 0.1) is 0 Å². The summed E-state index contributed by atoms with van der Waals surface area (Å²) in [7, 11) is 1.57. The number of likely N-dealkylation sites (tertiary alicyclic amines) is 1. The molecule has 0 unspecified atom stereocenters. The normalized spacial score (nSPS) is 36.3. The van der Waals surface area contributed by atoms with E-state index in [4.69, 9.17) is 9.47 Å². The predicted molar refractivity (Wildman–Crippen MR) is 88.6 cm³/mol. The Kier molecular flexibility index (Phi) is 6.07. The first-order valence-electron chi connectivity index (χ1n) is 8.87. The Bertz CT molecular complexity index is 426. The molecule has 0 aromatic rings. The second-order valence-electron chi connectivity index (χ2n) is 7.05. The molecule has 0 aliphatic carbocycles. The monoisotopic (exact) mass is 342 g/mol. The summed E-state index contributed by atoms with van der Waals surface area (Å²) in [5.74, 6) is -0.141. The van der Waals surface area contributed by atoms with E-state index < -0.39 is 12.4 Å². The van der Waals surface area contributed by atoms with Crippen LogP contribution >= 0.6 is 0 Å². The number of carbonyl (C=O) groups is 1. The van der Waals surface area contributed by atoms with Crippen LogP contribution in [0.4, 0.5) is 0 Å². The number of nitrogens with zero attached hydrogens (tertiary/aromatic N) is 2. The van der Waals surface area contributed by atoms with Gasteiger partial charge in [0.15, 0.2) is 6.29 Å². The van der Waals surface area contributed by atoms with Crippen LogP contribution in [0.15, 0.2) is 0 Å². The topological polar surface area (TPSA) is 86.3 Å². The van der Waals surface area contributed by atoms with Crippen LogP contribution in [-0.2, 0) is 14.3 Å². The highest BCUT2D eigenvalue weighted by molar-refractivity contribution is 5.73. The molecule has 0 bridgehead atoms. The van der Waals surface area contributed by atoms with Gasteiger partial charge in [0.05, 0.1) is 18.2 Å². The van der Waals surface area contributed by atoms with E-state index in [-0.39, 0.29) is 18.1 Å². The van der Waals surface area contributed by atoms with Crippen molar-refractivity contribution in [1.82, 2.24) is 20.4 Å². The fourth-order valence-electron chi connectivity index (χ4n) is 3.88. The van der Waals surface area contributed by atoms with Crippen LogP contribution in [0.5, 0.6) is 0 Å². The number of piperazine rings is 1. The van der Waals surface area contributed by atoms with Gasteiger partial charge in [-0.05, 0) is 0 Å². The molecule has 3 heterocycles. The quantitative estimate of drug-likeness (QED) is 0.544. The number of aliphatic hydroxyl groups excluding tert-OH is 1. The molecule has 3 aliphatic rings. The number of nitrogens with one attached hydrogen (secondary N) is 2. The number of methoxy groups -OCH3 is 1. The Morgan fingerprint density at radius 1 is 1.38 bits per heavy atom. The average Bonchev–Trinajstić information content (AvgIpc) is 2.52. The van der Waals surface area contributed by atoms with E-state index in [1.807, 2.05) is 0 Å². The molecule has 0 saturated carbocycles. The number of carbonyl (C=O) groups excluding carboxylic acids is 1. The van der Waals surface area contributed by atoms with E-state index in [9.17, 15) is 9.90 Å². The number of hydrogen-bond donors (Lipinski definition) is 3. The van der Waals surface area contributed by atoms with E-state index in [2.05, 4.69) is 20.4 Å². The molecule has 3 N–H and O–H groups in total. The first-order valence-corrected chi connectivity index (χ1v) is 8.87. The van der Waals surface area contributed by atoms with Gasteiger partial charge >= 0.3 is 0 Å². The van der Waals surface area contributed by atoms with Crippen molar-refractivity contribution < 1.29 is 19.4 Å². The Labute approximate surface area is 143 Å². The summed E-state index contributed by atoms with van der Waals surface area (Å²) in [5, 5.41) is 16.5. The summed E-state index contributed by atoms with van der Waals surface area (Å²) in [6, 6.07) is 0.321. The number of hydrogen-bond acceptors (Lipinski definition) is 7. The summed E-state index contributed by atoms with van der Waals surface area (Å²) in [4.78, 5) is 16.1. The number of aliphatic hydroxyl groups is 1. The number of ether oxygens (including phenoxy) is 2. The zero-order chi connectivity index (χ0) is 17.1. The zero-order valence-corrected chi connectivity index (χ0v) is 14.6. The fourth-order valence-corrected chi connectivity index (χ4v) is 3.88. The van der Waals surface area contributed by atoms with Crippen molar-refractivity contribution in [1.29, 1.82) is 0 Å². The maximum Gasteiger partial charge on any atom is 0.217 e. The second-order valence-corrected chi connectivity index (χ2v) is 7.05. The van der Waals surface area contributed by atoms with Gasteiger partial charge in [-0.1, -0.05) is 0 Å². The Hall–Kier alpha value is -0.770. The predicted octanol–water partition coefficient (Wildman–Crippen LogP) is -1.80. The molecule has 0 aromatic carbocycles. The summed E-state index contributed by atoms with van der Waals surface area (Å²) in [6.07, 6.45) is -0.916. The summed E-state index contributed by atoms with van der Waals surface area (Å²) in [5.41, 5.74) is 0. The third-order valence-electron chi connectivity index (χ3n) is 5.23. The zero-order valence-electron chi connectivity index (χ0n) is 14.6. The molecule has 0 aromatic heterocycles. The van der Waals surface area contributed by atoms with Crippen LogP contribution < -0.4 is 10.6 Å². The minimum absolute atomic E-state index is 0.141. The van der Waals surface area contributed by atoms with E-state index in [0.717, 1.165) is 39.3 Å². The van der Waals surface area contributed by atoms with Gasteiger partial charge in [-0.15, -0.1) is 0 Å². The van der Waals surface area contributed by atoms with Gasteiger partial charge in [0.25, 0.3) is 0 Å². The lowest BCUT2D eigenvalue weighted by molar-refractivity contribution is -0.231. The van der Waals surface area contributed by atoms with E-state index in [1.165, 1.54) is 6.92 Å². The first-order chi connectivity index (χ1) is 11.6. The van der Waals surface area contributed by atoms with Crippen molar-refractivity contribution in [2.45, 2.75) is 43.9 Å². The first kappa shape index (κ1) is 18.0. The van der Waals surface area contributed by atoms with E-state index in [0.29, 0.717) is 19.0 Å². The van der Waals surface area contributed by atoms with Gasteiger partial charge in [0.2, 0.25) is 5.91 Å². The smallest absolute Gasteiger partial charge is 0.217 e. The standard InChI is InChI=1S/C16H30N4O4/c1-11(21)18-13-7-14(22)15(24-16(13)23-2)10-19-8-12(9-19)20-5-3-17-4-6-20/h12-17,22H,3-10H2,1-2H3,(H,18,21)/t13-,14-,15-,16+/m1/s1. The molecule has 8 nitrogen and oxygen atoms in total. The second kappa shape index (κ2) is 8.07. The highest BCUT2D eigenvalue weighted by Gasteiger charge is 2.41. The van der Waals surface area contributed by atoms with Crippen molar-refractivity contribution in [2.75, 3.05) is 52.9 Å². The maximum absolute atomic E-state index is 11.3. The molecule has 3 fully saturated rings. The van der Waals surface area contributed by atoms with Crippen LogP contribution in [0.2, 0.25) is 0 Å². The molecule has 3 rings (SSSR count). The van der Waals surface area contributed by atoms with Gasteiger partial charge < -0.3 is 25.2 Å². The third kappa shape index (κ3) is 4.25. The summed E-state index contributed by atoms with van der Waals surface area (Å²) < 4.78 is 11.2. The van der Waals surface area contributed by atoms with Crippen molar-refractivity contribution in [3.63, 3.8) is 0 Å². The minimum atomic E-state index is -0.591. The number of rotatable bonds is 5. The summed E-state index contributed by atoms with van der Waals surface area (Å²) >= 11 is 0. The van der Waals surface area contributed by atoms with Crippen molar-refractivity contribution in [3.05, 3.63) is 0 Å². The van der Waals surface area contributed by atoms with Crippen LogP contribution in [0.3, 0.4) is 0 Å². The van der Waals surface area contributed by atoms with Crippen molar-refractivity contribution >= 4 is 5.91 Å². The molecular formula is C16H30N4O4. The molecule has 1 amide bonds. The molecule has 0 spiro atoms. The van der Waals surface area contributed by atoms with Crippen LogP contribution in [0.25, 0.3) is 0 Å². The van der Waals surface area contributed by atoms with Crippen molar-refractivity contribution in [3.8, 4) is 0 Å². The van der Waals surface area contributed by atoms with Gasteiger partial charge in [0, 0.05) is 72.3 Å². The van der Waals surface area contributed by atoms with Crippen LogP contribution in [0.1, 0.15) is 13.3 Å². The SMILES string of the molecule is CO[C@H]1O[C@H](CN2CC(N3CCNCC3)C2)[C@H](O)C[C@H]1NC(C)=O. The maximum atomic E-state index is 11.3. The molecule has 3 saturated heterocycles. The van der Waals surface area contributed by atoms with Crippen molar-refractivity contribution in [2.24, 2.45) is 0 Å². The molecule has 138 valence electrons. The highest BCUT2D eigenvalue weighted by atomic mass is 16.7. The van der Waals surface area contributed by atoms with Gasteiger partial charge in [-0.3, -0.25) is 14.6 Å². The van der Waals surface area contributed by atoms with Crippen LogP contribution in [-0.4, -0.2) is 104 Å². The van der Waals surface area contributed by atoms with Gasteiger partial charge in [-0.25, -0.2) is 0 Å². The Morgan fingerprint density at radius 2 is 2.08 bits per heavy atom. The minimum Gasteiger partial charge on any atom is -0.390 e. The average molecular weight is 342 g/mol.